The summed E-state index contributed by atoms with van der Waals surface area (Å²) in [6, 6.07) is 13.9. The number of hydrogen-bond donors (Lipinski definition) is 1. The first-order valence-electron chi connectivity index (χ1n) is 5.83. The largest absolute Gasteiger partial charge is 0.482 e. The van der Waals surface area contributed by atoms with Gasteiger partial charge in [-0.05, 0) is 17.7 Å². The molecule has 6 heteroatoms. The lowest BCUT2D eigenvalue weighted by Gasteiger charge is -2.08. The van der Waals surface area contributed by atoms with Gasteiger partial charge in [0.2, 0.25) is 0 Å². The number of thiocarbonyl (C=S) groups is 1. The SMILES string of the molecule is NC(=S)c1ccc(OCc2ccccc2)c([N+](=O)[O-])c1. The third-order valence-electron chi connectivity index (χ3n) is 2.68. The Labute approximate surface area is 121 Å². The third-order valence-corrected chi connectivity index (χ3v) is 2.91. The van der Waals surface area contributed by atoms with Gasteiger partial charge >= 0.3 is 5.69 Å². The lowest BCUT2D eigenvalue weighted by Crippen LogP contribution is -2.10. The van der Waals surface area contributed by atoms with Crippen LogP contribution in [0.25, 0.3) is 0 Å². The molecule has 0 aliphatic rings. The van der Waals surface area contributed by atoms with Crippen molar-refractivity contribution in [1.29, 1.82) is 0 Å². The van der Waals surface area contributed by atoms with Crippen LogP contribution in [-0.4, -0.2) is 9.91 Å². The maximum absolute atomic E-state index is 11.0. The molecule has 0 saturated heterocycles. The molecule has 2 aromatic rings. The Morgan fingerprint density at radius 1 is 1.25 bits per heavy atom. The van der Waals surface area contributed by atoms with Crippen molar-refractivity contribution in [2.45, 2.75) is 6.61 Å². The van der Waals surface area contributed by atoms with Gasteiger partial charge in [-0.25, -0.2) is 0 Å². The molecule has 2 aromatic carbocycles. The average molecular weight is 288 g/mol. The fourth-order valence-electron chi connectivity index (χ4n) is 1.67. The number of nitrogens with zero attached hydrogens (tertiary/aromatic N) is 1. The quantitative estimate of drug-likeness (QED) is 0.520. The van der Waals surface area contributed by atoms with E-state index in [1.807, 2.05) is 30.3 Å². The normalized spacial score (nSPS) is 10.0. The molecule has 102 valence electrons. The smallest absolute Gasteiger partial charge is 0.311 e. The molecular formula is C14H12N2O3S. The van der Waals surface area contributed by atoms with Crippen LogP contribution in [0, 0.1) is 10.1 Å². The van der Waals surface area contributed by atoms with Crippen LogP contribution in [0.2, 0.25) is 0 Å². The predicted octanol–water partition coefficient (Wildman–Crippen LogP) is 2.81. The van der Waals surface area contributed by atoms with E-state index in [4.69, 9.17) is 22.7 Å². The highest BCUT2D eigenvalue weighted by atomic mass is 32.1. The third kappa shape index (κ3) is 3.30. The molecule has 0 fully saturated rings. The van der Waals surface area contributed by atoms with Crippen molar-refractivity contribution >= 4 is 22.9 Å². The minimum atomic E-state index is -0.512. The van der Waals surface area contributed by atoms with Crippen LogP contribution in [0.3, 0.4) is 0 Å². The Morgan fingerprint density at radius 3 is 2.55 bits per heavy atom. The van der Waals surface area contributed by atoms with Gasteiger partial charge in [-0.3, -0.25) is 10.1 Å². The van der Waals surface area contributed by atoms with Gasteiger partial charge in [-0.15, -0.1) is 0 Å². The summed E-state index contributed by atoms with van der Waals surface area (Å²) in [7, 11) is 0. The highest BCUT2D eigenvalue weighted by Crippen LogP contribution is 2.28. The Morgan fingerprint density at radius 2 is 1.95 bits per heavy atom. The Kier molecular flexibility index (Phi) is 4.27. The molecule has 0 bridgehead atoms. The van der Waals surface area contributed by atoms with Crippen LogP contribution in [0.15, 0.2) is 48.5 Å². The molecule has 0 aliphatic heterocycles. The van der Waals surface area contributed by atoms with Crippen molar-refractivity contribution in [1.82, 2.24) is 0 Å². The Bertz CT molecular complexity index is 644. The number of nitro groups is 1. The van der Waals surface area contributed by atoms with Crippen LogP contribution in [0.1, 0.15) is 11.1 Å². The van der Waals surface area contributed by atoms with E-state index in [0.29, 0.717) is 5.56 Å². The van der Waals surface area contributed by atoms with Gasteiger partial charge in [-0.1, -0.05) is 42.5 Å². The van der Waals surface area contributed by atoms with Gasteiger partial charge in [0.05, 0.1) is 4.92 Å². The zero-order chi connectivity index (χ0) is 14.5. The predicted molar refractivity (Wildman–Crippen MR) is 79.8 cm³/mol. The number of nitro benzene ring substituents is 1. The summed E-state index contributed by atoms with van der Waals surface area (Å²) >= 11 is 4.81. The fourth-order valence-corrected chi connectivity index (χ4v) is 1.80. The number of rotatable bonds is 5. The molecule has 2 N–H and O–H groups in total. The second-order valence-electron chi connectivity index (χ2n) is 4.08. The summed E-state index contributed by atoms with van der Waals surface area (Å²) in [4.78, 5) is 10.7. The minimum absolute atomic E-state index is 0.114. The van der Waals surface area contributed by atoms with Crippen molar-refractivity contribution < 1.29 is 9.66 Å². The maximum Gasteiger partial charge on any atom is 0.311 e. The van der Waals surface area contributed by atoms with E-state index in [-0.39, 0.29) is 23.0 Å². The fraction of sp³-hybridized carbons (Fsp3) is 0.0714. The maximum atomic E-state index is 11.0. The van der Waals surface area contributed by atoms with E-state index in [0.717, 1.165) is 5.56 Å². The van der Waals surface area contributed by atoms with Gasteiger partial charge in [0, 0.05) is 11.6 Å². The van der Waals surface area contributed by atoms with Gasteiger partial charge in [0.1, 0.15) is 11.6 Å². The first-order chi connectivity index (χ1) is 9.58. The van der Waals surface area contributed by atoms with Crippen LogP contribution >= 0.6 is 12.2 Å². The van der Waals surface area contributed by atoms with Crippen molar-refractivity contribution in [3.05, 3.63) is 69.8 Å². The molecule has 0 aromatic heterocycles. The molecule has 5 nitrogen and oxygen atoms in total. The zero-order valence-electron chi connectivity index (χ0n) is 10.5. The number of nitrogens with two attached hydrogens (primary N) is 1. The highest BCUT2D eigenvalue weighted by Gasteiger charge is 2.16. The molecule has 0 saturated carbocycles. The Balaban J connectivity index is 2.23. The van der Waals surface area contributed by atoms with Crippen LogP contribution in [0.4, 0.5) is 5.69 Å². The molecule has 0 spiro atoms. The van der Waals surface area contributed by atoms with Gasteiger partial charge in [0.15, 0.2) is 5.75 Å². The molecule has 2 rings (SSSR count). The summed E-state index contributed by atoms with van der Waals surface area (Å²) in [5.41, 5.74) is 6.69. The van der Waals surface area contributed by atoms with Gasteiger partial charge < -0.3 is 10.5 Å². The first-order valence-corrected chi connectivity index (χ1v) is 6.23. The van der Waals surface area contributed by atoms with Crippen molar-refractivity contribution in [2.75, 3.05) is 0 Å². The molecule has 0 radical (unpaired) electrons. The van der Waals surface area contributed by atoms with E-state index >= 15 is 0 Å². The summed E-state index contributed by atoms with van der Waals surface area (Å²) < 4.78 is 5.49. The van der Waals surface area contributed by atoms with E-state index in [1.165, 1.54) is 12.1 Å². The molecule has 0 heterocycles. The second kappa shape index (κ2) is 6.12. The molecular weight excluding hydrogens is 276 g/mol. The second-order valence-corrected chi connectivity index (χ2v) is 4.52. The topological polar surface area (TPSA) is 78.4 Å². The van der Waals surface area contributed by atoms with Crippen molar-refractivity contribution in [3.63, 3.8) is 0 Å². The van der Waals surface area contributed by atoms with E-state index in [2.05, 4.69) is 0 Å². The van der Waals surface area contributed by atoms with E-state index in [9.17, 15) is 10.1 Å². The molecule has 20 heavy (non-hydrogen) atoms. The molecule has 0 unspecified atom stereocenters. The molecule has 0 amide bonds. The number of hydrogen-bond acceptors (Lipinski definition) is 4. The van der Waals surface area contributed by atoms with E-state index < -0.39 is 4.92 Å². The monoisotopic (exact) mass is 288 g/mol. The highest BCUT2D eigenvalue weighted by molar-refractivity contribution is 7.80. The van der Waals surface area contributed by atoms with Crippen molar-refractivity contribution in [3.8, 4) is 5.75 Å². The summed E-state index contributed by atoms with van der Waals surface area (Å²) in [5.74, 6) is 0.193. The standard InChI is InChI=1S/C14H12N2O3S/c15-14(20)11-6-7-13(12(8-11)16(17)18)19-9-10-4-2-1-3-5-10/h1-8H,9H2,(H2,15,20). The lowest BCUT2D eigenvalue weighted by molar-refractivity contribution is -0.386. The number of benzene rings is 2. The van der Waals surface area contributed by atoms with Crippen LogP contribution < -0.4 is 10.5 Å². The number of ether oxygens (including phenoxy) is 1. The van der Waals surface area contributed by atoms with Gasteiger partial charge in [-0.2, -0.15) is 0 Å². The summed E-state index contributed by atoms with van der Waals surface area (Å²) in [6.07, 6.45) is 0. The van der Waals surface area contributed by atoms with Crippen LogP contribution in [0.5, 0.6) is 5.75 Å². The van der Waals surface area contributed by atoms with Crippen molar-refractivity contribution in [2.24, 2.45) is 5.73 Å². The Hall–Kier alpha value is -2.47. The van der Waals surface area contributed by atoms with E-state index in [1.54, 1.807) is 6.07 Å². The first kappa shape index (κ1) is 14.0. The summed E-state index contributed by atoms with van der Waals surface area (Å²) in [6.45, 7) is 0.258. The zero-order valence-corrected chi connectivity index (χ0v) is 11.3. The summed E-state index contributed by atoms with van der Waals surface area (Å²) in [5, 5.41) is 11.0. The van der Waals surface area contributed by atoms with Crippen LogP contribution in [-0.2, 0) is 6.61 Å². The minimum Gasteiger partial charge on any atom is -0.482 e. The lowest BCUT2D eigenvalue weighted by atomic mass is 10.2. The molecule has 0 atom stereocenters. The average Bonchev–Trinajstić information content (AvgIpc) is 2.45. The van der Waals surface area contributed by atoms with Gasteiger partial charge in [0.25, 0.3) is 0 Å². The molecule has 0 aliphatic carbocycles.